The molecule has 29 heavy (non-hydrogen) atoms. The van der Waals surface area contributed by atoms with Gasteiger partial charge in [-0.2, -0.15) is 10.5 Å². The van der Waals surface area contributed by atoms with Crippen LogP contribution < -0.4 is 4.74 Å². The standard InChI is InChI=1S/C23H15N3O3/c24-14-18-1-7-20(8-2-18)21(15-25)13-17-5-11-23(12-6-17)29-16-19-3-9-22(10-4-19)26(27)28/h1-13H,16H2/b21-13-. The topological polar surface area (TPSA) is 99.9 Å². The molecule has 0 amide bonds. The van der Waals surface area contributed by atoms with Crippen molar-refractivity contribution in [1.82, 2.24) is 0 Å². The van der Waals surface area contributed by atoms with Gasteiger partial charge < -0.3 is 4.74 Å². The first kappa shape index (κ1) is 19.3. The Balaban J connectivity index is 1.67. The summed E-state index contributed by atoms with van der Waals surface area (Å²) in [6, 6.07) is 24.5. The number of hydrogen-bond donors (Lipinski definition) is 0. The zero-order chi connectivity index (χ0) is 20.6. The molecule has 0 aromatic heterocycles. The maximum atomic E-state index is 10.7. The molecule has 0 atom stereocenters. The summed E-state index contributed by atoms with van der Waals surface area (Å²) >= 11 is 0. The average Bonchev–Trinajstić information content (AvgIpc) is 2.77. The third-order valence-corrected chi connectivity index (χ3v) is 4.19. The molecule has 0 unspecified atom stereocenters. The molecule has 0 saturated carbocycles. The van der Waals surface area contributed by atoms with Crippen molar-refractivity contribution in [3.05, 3.63) is 105 Å². The van der Waals surface area contributed by atoms with Gasteiger partial charge in [0.15, 0.2) is 0 Å². The van der Waals surface area contributed by atoms with E-state index in [-0.39, 0.29) is 5.69 Å². The first-order valence-electron chi connectivity index (χ1n) is 8.67. The van der Waals surface area contributed by atoms with Crippen molar-refractivity contribution in [3.63, 3.8) is 0 Å². The summed E-state index contributed by atoms with van der Waals surface area (Å²) in [6.45, 7) is 0.294. The Labute approximate surface area is 167 Å². The van der Waals surface area contributed by atoms with Gasteiger partial charge in [-0.05, 0) is 59.2 Å². The second-order valence-corrected chi connectivity index (χ2v) is 6.14. The molecule has 140 valence electrons. The number of non-ortho nitro benzene ring substituents is 1. The SMILES string of the molecule is N#C/C(=C/c1ccc(OCc2ccc([N+](=O)[O-])cc2)cc1)c1ccc(C#N)cc1. The van der Waals surface area contributed by atoms with E-state index in [1.54, 1.807) is 54.6 Å². The fraction of sp³-hybridized carbons (Fsp3) is 0.0435. The number of nitro groups is 1. The van der Waals surface area contributed by atoms with E-state index >= 15 is 0 Å². The predicted octanol–water partition coefficient (Wildman–Crippen LogP) is 5.11. The highest BCUT2D eigenvalue weighted by Gasteiger charge is 2.05. The van der Waals surface area contributed by atoms with E-state index in [9.17, 15) is 15.4 Å². The van der Waals surface area contributed by atoms with Crippen molar-refractivity contribution in [2.24, 2.45) is 0 Å². The maximum absolute atomic E-state index is 10.7. The normalized spacial score (nSPS) is 10.6. The molecular weight excluding hydrogens is 366 g/mol. The molecule has 0 aliphatic rings. The minimum Gasteiger partial charge on any atom is -0.489 e. The summed E-state index contributed by atoms with van der Waals surface area (Å²) < 4.78 is 5.70. The molecule has 3 rings (SSSR count). The van der Waals surface area contributed by atoms with Crippen LogP contribution in [0.5, 0.6) is 5.75 Å². The molecule has 0 bridgehead atoms. The molecule has 0 heterocycles. The van der Waals surface area contributed by atoms with Crippen LogP contribution in [0.3, 0.4) is 0 Å². The quantitative estimate of drug-likeness (QED) is 0.256. The largest absolute Gasteiger partial charge is 0.489 e. The predicted molar refractivity (Wildman–Crippen MR) is 109 cm³/mol. The van der Waals surface area contributed by atoms with E-state index in [2.05, 4.69) is 12.1 Å². The summed E-state index contributed by atoms with van der Waals surface area (Å²) in [5.41, 5.74) is 3.49. The van der Waals surface area contributed by atoms with E-state index in [0.717, 1.165) is 16.7 Å². The lowest BCUT2D eigenvalue weighted by Crippen LogP contribution is -1.96. The lowest BCUT2D eigenvalue weighted by molar-refractivity contribution is -0.384. The zero-order valence-electron chi connectivity index (χ0n) is 15.3. The van der Waals surface area contributed by atoms with Crippen molar-refractivity contribution >= 4 is 17.3 Å². The monoisotopic (exact) mass is 381 g/mol. The minimum absolute atomic E-state index is 0.0421. The van der Waals surface area contributed by atoms with Gasteiger partial charge in [0.25, 0.3) is 5.69 Å². The highest BCUT2D eigenvalue weighted by molar-refractivity contribution is 5.89. The van der Waals surface area contributed by atoms with Crippen LogP contribution in [-0.4, -0.2) is 4.92 Å². The van der Waals surface area contributed by atoms with Crippen LogP contribution in [0.4, 0.5) is 5.69 Å². The van der Waals surface area contributed by atoms with Gasteiger partial charge in [0.1, 0.15) is 12.4 Å². The van der Waals surface area contributed by atoms with Gasteiger partial charge in [-0.25, -0.2) is 0 Å². The molecule has 0 spiro atoms. The highest BCUT2D eigenvalue weighted by Crippen LogP contribution is 2.21. The number of rotatable bonds is 6. The van der Waals surface area contributed by atoms with Crippen LogP contribution >= 0.6 is 0 Å². The first-order chi connectivity index (χ1) is 14.1. The molecule has 6 heteroatoms. The molecular formula is C23H15N3O3. The Morgan fingerprint density at radius 2 is 1.62 bits per heavy atom. The second-order valence-electron chi connectivity index (χ2n) is 6.14. The van der Waals surface area contributed by atoms with Crippen molar-refractivity contribution in [3.8, 4) is 17.9 Å². The van der Waals surface area contributed by atoms with Gasteiger partial charge in [0.2, 0.25) is 0 Å². The summed E-state index contributed by atoms with van der Waals surface area (Å²) in [5.74, 6) is 0.650. The smallest absolute Gasteiger partial charge is 0.269 e. The number of hydrogen-bond acceptors (Lipinski definition) is 5. The molecule has 0 fully saturated rings. The number of allylic oxidation sites excluding steroid dienone is 1. The first-order valence-corrected chi connectivity index (χ1v) is 8.67. The molecule has 3 aromatic carbocycles. The van der Waals surface area contributed by atoms with Crippen LogP contribution in [0.15, 0.2) is 72.8 Å². The molecule has 0 aliphatic carbocycles. The Morgan fingerprint density at radius 1 is 0.966 bits per heavy atom. The van der Waals surface area contributed by atoms with Crippen LogP contribution in [0.2, 0.25) is 0 Å². The zero-order valence-corrected chi connectivity index (χ0v) is 15.3. The van der Waals surface area contributed by atoms with E-state index in [0.29, 0.717) is 23.5 Å². The molecule has 0 aliphatic heterocycles. The van der Waals surface area contributed by atoms with Gasteiger partial charge in [-0.1, -0.05) is 24.3 Å². The lowest BCUT2D eigenvalue weighted by Gasteiger charge is -2.07. The third-order valence-electron chi connectivity index (χ3n) is 4.19. The van der Waals surface area contributed by atoms with Gasteiger partial charge in [-0.3, -0.25) is 10.1 Å². The second kappa shape index (κ2) is 8.98. The molecule has 0 N–H and O–H groups in total. The molecule has 6 nitrogen and oxygen atoms in total. The Kier molecular flexibility index (Phi) is 5.99. The van der Waals surface area contributed by atoms with Crippen molar-refractivity contribution in [2.75, 3.05) is 0 Å². The number of nitrogens with zero attached hydrogens (tertiary/aromatic N) is 3. The fourth-order valence-corrected chi connectivity index (χ4v) is 2.61. The maximum Gasteiger partial charge on any atom is 0.269 e. The van der Waals surface area contributed by atoms with Gasteiger partial charge in [0.05, 0.1) is 28.2 Å². The molecule has 3 aromatic rings. The summed E-state index contributed by atoms with van der Waals surface area (Å²) in [6.07, 6.45) is 1.77. The van der Waals surface area contributed by atoms with E-state index < -0.39 is 4.92 Å². The van der Waals surface area contributed by atoms with Crippen LogP contribution in [0, 0.1) is 32.8 Å². The molecule has 0 radical (unpaired) electrons. The van der Waals surface area contributed by atoms with Gasteiger partial charge in [0, 0.05) is 12.1 Å². The Morgan fingerprint density at radius 3 is 2.17 bits per heavy atom. The van der Waals surface area contributed by atoms with Crippen molar-refractivity contribution in [1.29, 1.82) is 10.5 Å². The van der Waals surface area contributed by atoms with E-state index in [1.807, 2.05) is 12.1 Å². The third kappa shape index (κ3) is 5.06. The Bertz CT molecular complexity index is 1120. The van der Waals surface area contributed by atoms with Gasteiger partial charge >= 0.3 is 0 Å². The van der Waals surface area contributed by atoms with Crippen molar-refractivity contribution < 1.29 is 9.66 Å². The van der Waals surface area contributed by atoms with E-state index in [4.69, 9.17) is 10.00 Å². The van der Waals surface area contributed by atoms with Crippen LogP contribution in [0.1, 0.15) is 22.3 Å². The summed E-state index contributed by atoms with van der Waals surface area (Å²) in [7, 11) is 0. The van der Waals surface area contributed by atoms with E-state index in [1.165, 1.54) is 12.1 Å². The molecule has 0 saturated heterocycles. The summed E-state index contributed by atoms with van der Waals surface area (Å²) in [5, 5.41) is 29.0. The Hall–Kier alpha value is -4.42. The summed E-state index contributed by atoms with van der Waals surface area (Å²) in [4.78, 5) is 10.2. The van der Waals surface area contributed by atoms with Crippen LogP contribution in [-0.2, 0) is 6.61 Å². The number of nitro benzene ring substituents is 1. The average molecular weight is 381 g/mol. The fourth-order valence-electron chi connectivity index (χ4n) is 2.61. The number of benzene rings is 3. The number of ether oxygens (including phenoxy) is 1. The highest BCUT2D eigenvalue weighted by atomic mass is 16.6. The van der Waals surface area contributed by atoms with Crippen LogP contribution in [0.25, 0.3) is 11.6 Å². The van der Waals surface area contributed by atoms with Crippen molar-refractivity contribution in [2.45, 2.75) is 6.61 Å². The number of nitriles is 2. The lowest BCUT2D eigenvalue weighted by atomic mass is 10.0. The van der Waals surface area contributed by atoms with Gasteiger partial charge in [-0.15, -0.1) is 0 Å². The minimum atomic E-state index is -0.440.